The van der Waals surface area contributed by atoms with E-state index in [0.29, 0.717) is 12.0 Å². The second kappa shape index (κ2) is 4.12. The summed E-state index contributed by atoms with van der Waals surface area (Å²) >= 11 is 0. The molecule has 0 aromatic carbocycles. The minimum atomic E-state index is 0.185. The molecular formula is C16H22N4O. The highest BCUT2D eigenvalue weighted by Crippen LogP contribution is 2.50. The van der Waals surface area contributed by atoms with E-state index in [0.717, 1.165) is 23.8 Å². The summed E-state index contributed by atoms with van der Waals surface area (Å²) in [5.74, 6) is 2.26. The largest absolute Gasteiger partial charge is 0.486 e. The van der Waals surface area contributed by atoms with Gasteiger partial charge in [-0.15, -0.1) is 0 Å². The van der Waals surface area contributed by atoms with E-state index in [2.05, 4.69) is 37.7 Å². The standard InChI is InChI=1S/C16H22N4O/c1-10(2)12-7-17-19-8-13-15(18-14(12)19)20(11(3)4)16(5-6-16)9-21-13/h7-8,10-11H,5-6,9H2,1-4H3. The molecule has 4 rings (SSSR count). The topological polar surface area (TPSA) is 42.7 Å². The Morgan fingerprint density at radius 3 is 2.62 bits per heavy atom. The van der Waals surface area contributed by atoms with Crippen molar-refractivity contribution in [1.29, 1.82) is 0 Å². The van der Waals surface area contributed by atoms with Gasteiger partial charge in [0.05, 0.1) is 17.9 Å². The minimum Gasteiger partial charge on any atom is -0.486 e. The fourth-order valence-corrected chi connectivity index (χ4v) is 3.41. The fourth-order valence-electron chi connectivity index (χ4n) is 3.41. The lowest BCUT2D eigenvalue weighted by Gasteiger charge is -2.40. The Kier molecular flexibility index (Phi) is 2.53. The van der Waals surface area contributed by atoms with E-state index in [1.54, 1.807) is 0 Å². The molecule has 0 radical (unpaired) electrons. The molecule has 0 bridgehead atoms. The summed E-state index contributed by atoms with van der Waals surface area (Å²) in [7, 11) is 0. The number of ether oxygens (including phenoxy) is 1. The van der Waals surface area contributed by atoms with Crippen molar-refractivity contribution in [2.75, 3.05) is 11.5 Å². The van der Waals surface area contributed by atoms with Crippen LogP contribution < -0.4 is 9.64 Å². The number of hydrogen-bond acceptors (Lipinski definition) is 4. The molecule has 1 fully saturated rings. The second-order valence-electron chi connectivity index (χ2n) is 6.93. The molecule has 5 heteroatoms. The smallest absolute Gasteiger partial charge is 0.180 e. The van der Waals surface area contributed by atoms with Gasteiger partial charge >= 0.3 is 0 Å². The van der Waals surface area contributed by atoms with Crippen LogP contribution in [-0.2, 0) is 0 Å². The molecule has 2 aliphatic rings. The molecule has 0 unspecified atom stereocenters. The van der Waals surface area contributed by atoms with Crippen molar-refractivity contribution in [2.45, 2.75) is 58.0 Å². The minimum absolute atomic E-state index is 0.185. The monoisotopic (exact) mass is 286 g/mol. The first-order chi connectivity index (χ1) is 10.0. The van der Waals surface area contributed by atoms with E-state index in [-0.39, 0.29) is 5.54 Å². The Morgan fingerprint density at radius 1 is 1.24 bits per heavy atom. The van der Waals surface area contributed by atoms with E-state index in [1.165, 1.54) is 18.4 Å². The quantitative estimate of drug-likeness (QED) is 0.851. The molecule has 0 atom stereocenters. The zero-order valence-electron chi connectivity index (χ0n) is 13.1. The van der Waals surface area contributed by atoms with Crippen molar-refractivity contribution in [1.82, 2.24) is 14.6 Å². The summed E-state index contributed by atoms with van der Waals surface area (Å²) in [4.78, 5) is 7.40. The van der Waals surface area contributed by atoms with Crippen LogP contribution >= 0.6 is 0 Å². The maximum absolute atomic E-state index is 5.99. The Balaban J connectivity index is 1.92. The van der Waals surface area contributed by atoms with Crippen molar-refractivity contribution in [3.63, 3.8) is 0 Å². The van der Waals surface area contributed by atoms with Gasteiger partial charge < -0.3 is 9.64 Å². The van der Waals surface area contributed by atoms with E-state index in [1.807, 2.05) is 16.9 Å². The van der Waals surface area contributed by atoms with Crippen LogP contribution in [-0.4, -0.2) is 32.8 Å². The van der Waals surface area contributed by atoms with Crippen LogP contribution in [0.2, 0.25) is 0 Å². The van der Waals surface area contributed by atoms with Gasteiger partial charge in [-0.3, -0.25) is 0 Å². The number of nitrogens with zero attached hydrogens (tertiary/aromatic N) is 4. The predicted molar refractivity (Wildman–Crippen MR) is 82.2 cm³/mol. The molecule has 21 heavy (non-hydrogen) atoms. The zero-order chi connectivity index (χ0) is 14.8. The highest BCUT2D eigenvalue weighted by Gasteiger charge is 2.53. The number of aromatic nitrogens is 3. The second-order valence-corrected chi connectivity index (χ2v) is 6.93. The third-order valence-corrected chi connectivity index (χ3v) is 4.67. The molecule has 1 saturated carbocycles. The molecule has 0 saturated heterocycles. The normalized spacial score (nSPS) is 19.4. The third-order valence-electron chi connectivity index (χ3n) is 4.67. The van der Waals surface area contributed by atoms with Crippen LogP contribution in [0.5, 0.6) is 5.75 Å². The molecule has 0 N–H and O–H groups in total. The molecular weight excluding hydrogens is 264 g/mol. The van der Waals surface area contributed by atoms with Crippen LogP contribution in [0.3, 0.4) is 0 Å². The van der Waals surface area contributed by atoms with Crippen LogP contribution in [0.25, 0.3) is 5.65 Å². The van der Waals surface area contributed by atoms with E-state index >= 15 is 0 Å². The highest BCUT2D eigenvalue weighted by atomic mass is 16.5. The lowest BCUT2D eigenvalue weighted by molar-refractivity contribution is 0.240. The first kappa shape index (κ1) is 12.9. The molecule has 1 aliphatic heterocycles. The molecule has 2 aromatic heterocycles. The van der Waals surface area contributed by atoms with Gasteiger partial charge in [0.25, 0.3) is 0 Å². The molecule has 2 aromatic rings. The SMILES string of the molecule is CC(C)c1cnn2cc3c(nc12)N(C(C)C)C1(CC1)CO3. The molecule has 0 amide bonds. The first-order valence-corrected chi connectivity index (χ1v) is 7.82. The summed E-state index contributed by atoms with van der Waals surface area (Å²) in [6.07, 6.45) is 6.31. The maximum atomic E-state index is 5.99. The summed E-state index contributed by atoms with van der Waals surface area (Å²) in [6.45, 7) is 9.60. The van der Waals surface area contributed by atoms with Crippen molar-refractivity contribution in [3.05, 3.63) is 18.0 Å². The van der Waals surface area contributed by atoms with E-state index in [9.17, 15) is 0 Å². The molecule has 3 heterocycles. The average Bonchev–Trinajstić information content (AvgIpc) is 3.06. The molecule has 112 valence electrons. The number of hydrogen-bond donors (Lipinski definition) is 0. The van der Waals surface area contributed by atoms with Gasteiger partial charge in [-0.05, 0) is 32.6 Å². The zero-order valence-corrected chi connectivity index (χ0v) is 13.1. The number of fused-ring (bicyclic) bond motifs is 2. The van der Waals surface area contributed by atoms with Crippen molar-refractivity contribution < 1.29 is 4.74 Å². The Bertz CT molecular complexity index is 700. The van der Waals surface area contributed by atoms with Crippen LogP contribution in [0.1, 0.15) is 52.0 Å². The Labute approximate surface area is 124 Å². The van der Waals surface area contributed by atoms with E-state index in [4.69, 9.17) is 9.72 Å². The van der Waals surface area contributed by atoms with Crippen molar-refractivity contribution >= 4 is 11.5 Å². The molecule has 1 aliphatic carbocycles. The molecule has 5 nitrogen and oxygen atoms in total. The van der Waals surface area contributed by atoms with Crippen LogP contribution in [0.15, 0.2) is 12.4 Å². The van der Waals surface area contributed by atoms with Gasteiger partial charge in [0.1, 0.15) is 6.61 Å². The third kappa shape index (κ3) is 1.76. The van der Waals surface area contributed by atoms with Gasteiger partial charge in [0.15, 0.2) is 17.2 Å². The first-order valence-electron chi connectivity index (χ1n) is 7.82. The molecule has 1 spiro atoms. The summed E-state index contributed by atoms with van der Waals surface area (Å²) < 4.78 is 7.84. The lowest BCUT2D eigenvalue weighted by Crippen LogP contribution is -2.49. The number of anilines is 1. The summed E-state index contributed by atoms with van der Waals surface area (Å²) in [6, 6.07) is 0.426. The maximum Gasteiger partial charge on any atom is 0.180 e. The van der Waals surface area contributed by atoms with E-state index < -0.39 is 0 Å². The Hall–Kier alpha value is -1.78. The lowest BCUT2D eigenvalue weighted by atomic mass is 10.1. The number of rotatable bonds is 2. The highest BCUT2D eigenvalue weighted by molar-refractivity contribution is 5.64. The van der Waals surface area contributed by atoms with Crippen molar-refractivity contribution in [2.24, 2.45) is 0 Å². The van der Waals surface area contributed by atoms with Crippen LogP contribution in [0.4, 0.5) is 5.82 Å². The predicted octanol–water partition coefficient (Wildman–Crippen LogP) is 2.99. The van der Waals surface area contributed by atoms with Crippen molar-refractivity contribution in [3.8, 4) is 5.75 Å². The summed E-state index contributed by atoms with van der Waals surface area (Å²) in [5.41, 5.74) is 2.33. The van der Waals surface area contributed by atoms with Gasteiger partial charge in [-0.25, -0.2) is 9.50 Å². The fraction of sp³-hybridized carbons (Fsp3) is 0.625. The van der Waals surface area contributed by atoms with Gasteiger partial charge in [-0.1, -0.05) is 13.8 Å². The summed E-state index contributed by atoms with van der Waals surface area (Å²) in [5, 5.41) is 4.43. The van der Waals surface area contributed by atoms with Crippen LogP contribution in [0, 0.1) is 0 Å². The van der Waals surface area contributed by atoms with Gasteiger partial charge in [0.2, 0.25) is 0 Å². The Morgan fingerprint density at radius 2 is 2.00 bits per heavy atom. The van der Waals surface area contributed by atoms with Gasteiger partial charge in [-0.2, -0.15) is 5.10 Å². The van der Waals surface area contributed by atoms with Gasteiger partial charge in [0, 0.05) is 11.6 Å². The average molecular weight is 286 g/mol.